The molecule has 1 heterocycles. The number of nitrogens with one attached hydrogen (secondary N) is 1. The standard InChI is InChI=1S/C13H28BN2O4P2S/c1-8(15)6-16-13(23)19-11-10(20-22(3,4)5)9(7-17-2)18-12(11)14-21/h8-12H,3,6-7,15,21H2,1-2,4-5H3,(H,16,23)/t8?,9-,10+,11?,12-/m1/s1. The van der Waals surface area contributed by atoms with Crippen LogP contribution in [0.3, 0.4) is 0 Å². The Labute approximate surface area is 148 Å². The second kappa shape index (κ2) is 9.72. The molecule has 133 valence electrons. The molecule has 1 radical (unpaired) electrons. The Morgan fingerprint density at radius 3 is 2.65 bits per heavy atom. The Hall–Kier alpha value is 0.325. The monoisotopic (exact) mass is 381 g/mol. The molecule has 1 aliphatic rings. The minimum atomic E-state index is -1.74. The second-order valence-electron chi connectivity index (χ2n) is 6.16. The van der Waals surface area contributed by atoms with E-state index in [4.69, 9.17) is 36.7 Å². The largest absolute Gasteiger partial charge is 0.463 e. The third-order valence-electron chi connectivity index (χ3n) is 3.09. The molecular formula is C13H28BN2O4P2S. The van der Waals surface area contributed by atoms with E-state index in [1.165, 1.54) is 0 Å². The van der Waals surface area contributed by atoms with E-state index >= 15 is 0 Å². The predicted octanol–water partition coefficient (Wildman–Crippen LogP) is 0.468. The molecule has 1 saturated heterocycles. The highest BCUT2D eigenvalue weighted by atomic mass is 32.1. The molecule has 0 bridgehead atoms. The van der Waals surface area contributed by atoms with Crippen LogP contribution in [0.2, 0.25) is 0 Å². The molecule has 6 atom stereocenters. The average Bonchev–Trinajstić information content (AvgIpc) is 2.73. The highest BCUT2D eigenvalue weighted by molar-refractivity contribution is 7.80. The lowest BCUT2D eigenvalue weighted by atomic mass is 9.91. The van der Waals surface area contributed by atoms with Crippen molar-refractivity contribution in [3.8, 4) is 0 Å². The molecule has 0 aromatic rings. The molecule has 0 saturated carbocycles. The number of hydrogen-bond donors (Lipinski definition) is 2. The minimum Gasteiger partial charge on any atom is -0.463 e. The van der Waals surface area contributed by atoms with Crippen molar-refractivity contribution < 1.29 is 18.7 Å². The normalized spacial score (nSPS) is 29.1. The fourth-order valence-corrected chi connectivity index (χ4v) is 3.63. The van der Waals surface area contributed by atoms with E-state index in [1.807, 2.05) is 27.3 Å². The third kappa shape index (κ3) is 7.39. The van der Waals surface area contributed by atoms with Crippen LogP contribution < -0.4 is 11.1 Å². The molecule has 6 nitrogen and oxygen atoms in total. The first-order chi connectivity index (χ1) is 10.7. The van der Waals surface area contributed by atoms with Gasteiger partial charge in [-0.05, 0) is 39.6 Å². The summed E-state index contributed by atoms with van der Waals surface area (Å²) >= 11 is 5.25. The number of thiocarbonyl (C=S) groups is 1. The van der Waals surface area contributed by atoms with Gasteiger partial charge in [-0.2, -0.15) is 9.12 Å². The lowest BCUT2D eigenvalue weighted by Crippen LogP contribution is -2.44. The number of hydrogen-bond acceptors (Lipinski definition) is 6. The van der Waals surface area contributed by atoms with E-state index in [9.17, 15) is 0 Å². The average molecular weight is 381 g/mol. The second-order valence-corrected chi connectivity index (χ2v) is 10.3. The summed E-state index contributed by atoms with van der Waals surface area (Å²) in [7, 11) is 2.44. The molecule has 3 unspecified atom stereocenters. The molecule has 0 aliphatic carbocycles. The summed E-state index contributed by atoms with van der Waals surface area (Å²) in [5.74, 6) is 0. The van der Waals surface area contributed by atoms with Crippen LogP contribution in [0.4, 0.5) is 0 Å². The van der Waals surface area contributed by atoms with Crippen molar-refractivity contribution in [1.29, 1.82) is 0 Å². The van der Waals surface area contributed by atoms with E-state index in [-0.39, 0.29) is 30.4 Å². The van der Waals surface area contributed by atoms with E-state index in [0.717, 1.165) is 0 Å². The molecular weight excluding hydrogens is 353 g/mol. The molecule has 0 spiro atoms. The van der Waals surface area contributed by atoms with Crippen LogP contribution in [0.15, 0.2) is 0 Å². The molecule has 23 heavy (non-hydrogen) atoms. The molecule has 3 N–H and O–H groups in total. The maximum Gasteiger partial charge on any atom is 0.257 e. The minimum absolute atomic E-state index is 0.0153. The molecule has 1 fully saturated rings. The Morgan fingerprint density at radius 1 is 1.52 bits per heavy atom. The lowest BCUT2D eigenvalue weighted by molar-refractivity contribution is -0.00886. The van der Waals surface area contributed by atoms with Crippen LogP contribution in [-0.4, -0.2) is 82.4 Å². The topological polar surface area (TPSA) is 75.0 Å². The van der Waals surface area contributed by atoms with Crippen molar-refractivity contribution in [2.24, 2.45) is 5.73 Å². The highest BCUT2D eigenvalue weighted by Gasteiger charge is 2.47. The Morgan fingerprint density at radius 2 is 2.17 bits per heavy atom. The van der Waals surface area contributed by atoms with Crippen molar-refractivity contribution in [2.75, 3.05) is 33.6 Å². The van der Waals surface area contributed by atoms with Crippen molar-refractivity contribution in [3.05, 3.63) is 0 Å². The Kier molecular flexibility index (Phi) is 9.03. The molecule has 1 rings (SSSR count). The summed E-state index contributed by atoms with van der Waals surface area (Å²) in [6.07, 6.45) is 3.22. The van der Waals surface area contributed by atoms with E-state index in [2.05, 4.69) is 20.7 Å². The van der Waals surface area contributed by atoms with Gasteiger partial charge in [0.2, 0.25) is 0 Å². The predicted molar refractivity (Wildman–Crippen MR) is 106 cm³/mol. The molecule has 0 aromatic heterocycles. The smallest absolute Gasteiger partial charge is 0.257 e. The summed E-state index contributed by atoms with van der Waals surface area (Å²) in [5, 5.41) is 3.29. The van der Waals surface area contributed by atoms with Crippen LogP contribution >= 0.6 is 28.4 Å². The number of rotatable bonds is 8. The summed E-state index contributed by atoms with van der Waals surface area (Å²) in [4.78, 5) is 0. The fourth-order valence-electron chi connectivity index (χ4n) is 2.21. The summed E-state index contributed by atoms with van der Waals surface area (Å²) in [6, 6.07) is -0.273. The van der Waals surface area contributed by atoms with Crippen LogP contribution in [-0.2, 0) is 18.7 Å². The van der Waals surface area contributed by atoms with Gasteiger partial charge in [0.15, 0.2) is 7.00 Å². The maximum absolute atomic E-state index is 6.16. The molecule has 0 aromatic carbocycles. The quantitative estimate of drug-likeness (QED) is 0.360. The molecule has 0 amide bonds. The zero-order valence-electron chi connectivity index (χ0n) is 14.2. The van der Waals surface area contributed by atoms with Gasteiger partial charge in [0, 0.05) is 19.7 Å². The first kappa shape index (κ1) is 21.4. The van der Waals surface area contributed by atoms with Crippen molar-refractivity contribution in [3.63, 3.8) is 0 Å². The van der Waals surface area contributed by atoms with Crippen LogP contribution in [0.1, 0.15) is 6.92 Å². The van der Waals surface area contributed by atoms with Gasteiger partial charge in [-0.1, -0.05) is 6.30 Å². The van der Waals surface area contributed by atoms with Gasteiger partial charge in [0.05, 0.1) is 12.6 Å². The highest BCUT2D eigenvalue weighted by Crippen LogP contribution is 2.43. The fraction of sp³-hybridized carbons (Fsp3) is 0.846. The SMILES string of the molecule is C=P(C)(C)O[C@@H]1C(OC(=S)NCC(C)N)[C@H]([B]P)O[C@@H]1COC. The zero-order chi connectivity index (χ0) is 17.6. The van der Waals surface area contributed by atoms with Gasteiger partial charge in [-0.25, -0.2) is 0 Å². The summed E-state index contributed by atoms with van der Waals surface area (Å²) in [6.45, 7) is 8.71. The first-order valence-corrected chi connectivity index (χ1v) is 11.3. The number of ether oxygens (including phenoxy) is 3. The summed E-state index contributed by atoms with van der Waals surface area (Å²) < 4.78 is 23.3. The number of nitrogens with two attached hydrogens (primary N) is 1. The van der Waals surface area contributed by atoms with Gasteiger partial charge < -0.3 is 29.8 Å². The third-order valence-corrected chi connectivity index (χ3v) is 4.52. The summed E-state index contributed by atoms with van der Waals surface area (Å²) in [5.41, 5.74) is 5.72. The Bertz CT molecular complexity index is 438. The van der Waals surface area contributed by atoms with Gasteiger partial charge in [-0.3, -0.25) is 0 Å². The van der Waals surface area contributed by atoms with Crippen molar-refractivity contribution in [1.82, 2.24) is 5.32 Å². The van der Waals surface area contributed by atoms with E-state index in [0.29, 0.717) is 18.3 Å². The van der Waals surface area contributed by atoms with Gasteiger partial charge >= 0.3 is 0 Å². The zero-order valence-corrected chi connectivity index (χ0v) is 17.1. The van der Waals surface area contributed by atoms with Gasteiger partial charge in [-0.15, -0.1) is 0 Å². The van der Waals surface area contributed by atoms with E-state index in [1.54, 1.807) is 7.11 Å². The van der Waals surface area contributed by atoms with Gasteiger partial charge in [0.25, 0.3) is 5.17 Å². The Balaban J connectivity index is 2.83. The van der Waals surface area contributed by atoms with Gasteiger partial charge in [0.1, 0.15) is 18.3 Å². The first-order valence-electron chi connectivity index (χ1n) is 7.44. The molecule has 10 heteroatoms. The van der Waals surface area contributed by atoms with Crippen LogP contribution in [0.25, 0.3) is 0 Å². The van der Waals surface area contributed by atoms with Crippen LogP contribution in [0, 0.1) is 0 Å². The van der Waals surface area contributed by atoms with Crippen LogP contribution in [0.5, 0.6) is 0 Å². The molecule has 1 aliphatic heterocycles. The number of methoxy groups -OCH3 is 1. The lowest BCUT2D eigenvalue weighted by Gasteiger charge is -2.29. The van der Waals surface area contributed by atoms with Crippen molar-refractivity contribution in [2.45, 2.75) is 37.3 Å². The van der Waals surface area contributed by atoms with E-state index < -0.39 is 7.11 Å². The maximum atomic E-state index is 6.16. The van der Waals surface area contributed by atoms with Crippen molar-refractivity contribution >= 4 is 46.9 Å².